The van der Waals surface area contributed by atoms with Crippen LogP contribution in [0.4, 0.5) is 0 Å². The van der Waals surface area contributed by atoms with Gasteiger partial charge in [0.05, 0.1) is 11.9 Å². The van der Waals surface area contributed by atoms with E-state index in [2.05, 4.69) is 47.8 Å². The summed E-state index contributed by atoms with van der Waals surface area (Å²) in [6.45, 7) is 4.31. The number of aryl methyl sites for hydroxylation is 1. The largest absolute Gasteiger partial charge is 0.316 e. The molecule has 2 heterocycles. The molecule has 1 unspecified atom stereocenters. The fourth-order valence-corrected chi connectivity index (χ4v) is 2.70. The molecule has 94 valence electrons. The third-order valence-electron chi connectivity index (χ3n) is 3.63. The van der Waals surface area contributed by atoms with Crippen molar-refractivity contribution in [3.63, 3.8) is 0 Å². The van der Waals surface area contributed by atoms with Crippen molar-refractivity contribution in [2.75, 3.05) is 13.1 Å². The van der Waals surface area contributed by atoms with Gasteiger partial charge in [0.1, 0.15) is 0 Å². The van der Waals surface area contributed by atoms with Gasteiger partial charge in [-0.25, -0.2) is 4.68 Å². The summed E-state index contributed by atoms with van der Waals surface area (Å²) >= 11 is 0. The minimum atomic E-state index is 0.611. The molecule has 1 aliphatic heterocycles. The van der Waals surface area contributed by atoms with E-state index in [0.29, 0.717) is 5.92 Å². The number of hydrogen-bond donors (Lipinski definition) is 1. The van der Waals surface area contributed by atoms with Crippen LogP contribution in [-0.2, 0) is 0 Å². The Morgan fingerprint density at radius 2 is 2.22 bits per heavy atom. The second kappa shape index (κ2) is 4.94. The van der Waals surface area contributed by atoms with E-state index >= 15 is 0 Å². The lowest BCUT2D eigenvalue weighted by Crippen LogP contribution is -2.29. The number of para-hydroxylation sites is 1. The predicted molar refractivity (Wildman–Crippen MR) is 73.1 cm³/mol. The molecule has 2 aromatic rings. The summed E-state index contributed by atoms with van der Waals surface area (Å²) < 4.78 is 2.00. The smallest absolute Gasteiger partial charge is 0.0680 e. The number of benzene rings is 1. The Morgan fingerprint density at radius 3 is 2.94 bits per heavy atom. The third kappa shape index (κ3) is 2.18. The van der Waals surface area contributed by atoms with Crippen molar-refractivity contribution >= 4 is 0 Å². The van der Waals surface area contributed by atoms with Crippen molar-refractivity contribution in [3.8, 4) is 5.69 Å². The number of piperidine rings is 1. The molecule has 0 aliphatic carbocycles. The lowest BCUT2D eigenvalue weighted by atomic mass is 9.90. The number of rotatable bonds is 2. The first-order valence-corrected chi connectivity index (χ1v) is 6.66. The molecular formula is C15H19N3. The molecule has 1 atom stereocenters. The van der Waals surface area contributed by atoms with Gasteiger partial charge >= 0.3 is 0 Å². The van der Waals surface area contributed by atoms with Crippen molar-refractivity contribution in [1.29, 1.82) is 0 Å². The minimum Gasteiger partial charge on any atom is -0.316 e. The average Bonchev–Trinajstić information content (AvgIpc) is 2.86. The monoisotopic (exact) mass is 241 g/mol. The zero-order valence-electron chi connectivity index (χ0n) is 10.8. The summed E-state index contributed by atoms with van der Waals surface area (Å²) in [5.74, 6) is 0.611. The topological polar surface area (TPSA) is 29.9 Å². The molecule has 1 aromatic heterocycles. The van der Waals surface area contributed by atoms with E-state index in [-0.39, 0.29) is 0 Å². The van der Waals surface area contributed by atoms with Crippen molar-refractivity contribution in [2.24, 2.45) is 0 Å². The number of nitrogens with zero attached hydrogens (tertiary/aromatic N) is 2. The SMILES string of the molecule is Cc1cnn(-c2ccccc2C2CCCNC2)c1. The Bertz CT molecular complexity index is 524. The fraction of sp³-hybridized carbons (Fsp3) is 0.400. The lowest BCUT2D eigenvalue weighted by molar-refractivity contribution is 0.460. The Balaban J connectivity index is 1.99. The van der Waals surface area contributed by atoms with Gasteiger partial charge in [0, 0.05) is 12.7 Å². The average molecular weight is 241 g/mol. The van der Waals surface area contributed by atoms with Gasteiger partial charge in [0.25, 0.3) is 0 Å². The molecule has 1 N–H and O–H groups in total. The molecule has 0 radical (unpaired) electrons. The molecule has 3 nitrogen and oxygen atoms in total. The minimum absolute atomic E-state index is 0.611. The zero-order chi connectivity index (χ0) is 12.4. The van der Waals surface area contributed by atoms with Crippen LogP contribution in [0.2, 0.25) is 0 Å². The van der Waals surface area contributed by atoms with Crippen LogP contribution in [0, 0.1) is 6.92 Å². The maximum atomic E-state index is 4.44. The van der Waals surface area contributed by atoms with E-state index in [9.17, 15) is 0 Å². The highest BCUT2D eigenvalue weighted by atomic mass is 15.3. The second-order valence-electron chi connectivity index (χ2n) is 5.06. The Hall–Kier alpha value is -1.61. The number of aromatic nitrogens is 2. The predicted octanol–water partition coefficient (Wildman–Crippen LogP) is 2.65. The van der Waals surface area contributed by atoms with Crippen molar-refractivity contribution in [2.45, 2.75) is 25.7 Å². The molecule has 3 heteroatoms. The summed E-state index contributed by atoms with van der Waals surface area (Å²) in [7, 11) is 0. The zero-order valence-corrected chi connectivity index (χ0v) is 10.8. The summed E-state index contributed by atoms with van der Waals surface area (Å²) in [5, 5.41) is 7.93. The van der Waals surface area contributed by atoms with Crippen LogP contribution in [0.1, 0.15) is 29.9 Å². The van der Waals surface area contributed by atoms with Gasteiger partial charge in [-0.05, 0) is 49.4 Å². The van der Waals surface area contributed by atoms with Gasteiger partial charge in [-0.2, -0.15) is 5.10 Å². The Morgan fingerprint density at radius 1 is 1.33 bits per heavy atom. The van der Waals surface area contributed by atoms with Gasteiger partial charge < -0.3 is 5.32 Å². The van der Waals surface area contributed by atoms with Crippen LogP contribution in [0.5, 0.6) is 0 Å². The maximum Gasteiger partial charge on any atom is 0.0680 e. The molecule has 0 amide bonds. The van der Waals surface area contributed by atoms with Crippen molar-refractivity contribution in [3.05, 3.63) is 47.8 Å². The van der Waals surface area contributed by atoms with Crippen LogP contribution >= 0.6 is 0 Å². The van der Waals surface area contributed by atoms with Gasteiger partial charge in [-0.3, -0.25) is 0 Å². The second-order valence-corrected chi connectivity index (χ2v) is 5.06. The Kier molecular flexibility index (Phi) is 3.15. The van der Waals surface area contributed by atoms with E-state index in [0.717, 1.165) is 13.1 Å². The van der Waals surface area contributed by atoms with E-state index in [1.165, 1.54) is 29.7 Å². The van der Waals surface area contributed by atoms with Crippen LogP contribution in [0.25, 0.3) is 5.69 Å². The fourth-order valence-electron chi connectivity index (χ4n) is 2.70. The molecule has 0 saturated carbocycles. The summed E-state index contributed by atoms with van der Waals surface area (Å²) in [4.78, 5) is 0. The normalized spacial score (nSPS) is 19.9. The third-order valence-corrected chi connectivity index (χ3v) is 3.63. The summed E-state index contributed by atoms with van der Waals surface area (Å²) in [5.41, 5.74) is 3.83. The molecule has 18 heavy (non-hydrogen) atoms. The highest BCUT2D eigenvalue weighted by Crippen LogP contribution is 2.28. The molecule has 3 rings (SSSR count). The molecule has 0 bridgehead atoms. The van der Waals surface area contributed by atoms with Crippen LogP contribution in [-0.4, -0.2) is 22.9 Å². The van der Waals surface area contributed by atoms with E-state index < -0.39 is 0 Å². The number of nitrogens with one attached hydrogen (secondary N) is 1. The summed E-state index contributed by atoms with van der Waals surface area (Å²) in [6, 6.07) is 8.62. The van der Waals surface area contributed by atoms with Crippen LogP contribution < -0.4 is 5.32 Å². The standard InChI is InChI=1S/C15H19N3/c1-12-9-17-18(11-12)15-7-3-2-6-14(15)13-5-4-8-16-10-13/h2-3,6-7,9,11,13,16H,4-5,8,10H2,1H3. The van der Waals surface area contributed by atoms with Gasteiger partial charge in [0.15, 0.2) is 0 Å². The van der Waals surface area contributed by atoms with Gasteiger partial charge in [-0.15, -0.1) is 0 Å². The molecule has 1 fully saturated rings. The molecule has 0 spiro atoms. The van der Waals surface area contributed by atoms with Crippen LogP contribution in [0.3, 0.4) is 0 Å². The lowest BCUT2D eigenvalue weighted by Gasteiger charge is -2.25. The van der Waals surface area contributed by atoms with Gasteiger partial charge in [0.2, 0.25) is 0 Å². The molecular weight excluding hydrogens is 222 g/mol. The highest BCUT2D eigenvalue weighted by molar-refractivity contribution is 5.43. The summed E-state index contributed by atoms with van der Waals surface area (Å²) in [6.07, 6.45) is 6.53. The van der Waals surface area contributed by atoms with E-state index in [1.807, 2.05) is 10.9 Å². The number of hydrogen-bond acceptors (Lipinski definition) is 2. The van der Waals surface area contributed by atoms with E-state index in [4.69, 9.17) is 0 Å². The van der Waals surface area contributed by atoms with E-state index in [1.54, 1.807) is 0 Å². The maximum absolute atomic E-state index is 4.44. The molecule has 1 aliphatic rings. The molecule has 1 aromatic carbocycles. The Labute approximate surface area is 108 Å². The van der Waals surface area contributed by atoms with Crippen molar-refractivity contribution < 1.29 is 0 Å². The first-order chi connectivity index (χ1) is 8.84. The highest BCUT2D eigenvalue weighted by Gasteiger charge is 2.18. The van der Waals surface area contributed by atoms with Crippen LogP contribution in [0.15, 0.2) is 36.7 Å². The van der Waals surface area contributed by atoms with Gasteiger partial charge in [-0.1, -0.05) is 18.2 Å². The first kappa shape index (κ1) is 11.5. The van der Waals surface area contributed by atoms with Crippen molar-refractivity contribution in [1.82, 2.24) is 15.1 Å². The first-order valence-electron chi connectivity index (χ1n) is 6.66. The molecule has 1 saturated heterocycles. The quantitative estimate of drug-likeness (QED) is 0.876.